The minimum atomic E-state index is 0.243. The summed E-state index contributed by atoms with van der Waals surface area (Å²) in [5.74, 6) is 0.769. The van der Waals surface area contributed by atoms with Crippen molar-refractivity contribution in [2.24, 2.45) is 5.92 Å². The summed E-state index contributed by atoms with van der Waals surface area (Å²) >= 11 is 8.51. The highest BCUT2D eigenvalue weighted by Crippen LogP contribution is 2.34. The molecule has 1 aromatic carbocycles. The quantitative estimate of drug-likeness (QED) is 0.674. The molecule has 1 aromatic heterocycles. The fourth-order valence-electron chi connectivity index (χ4n) is 2.08. The fourth-order valence-corrected chi connectivity index (χ4v) is 4.34. The first-order valence-corrected chi connectivity index (χ1v) is 8.89. The van der Waals surface area contributed by atoms with E-state index in [9.17, 15) is 5.11 Å². The first-order chi connectivity index (χ1) is 9.49. The van der Waals surface area contributed by atoms with Gasteiger partial charge in [-0.15, -0.1) is 11.3 Å². The van der Waals surface area contributed by atoms with E-state index in [1.165, 1.54) is 4.88 Å². The summed E-state index contributed by atoms with van der Waals surface area (Å²) in [4.78, 5) is 1.36. The summed E-state index contributed by atoms with van der Waals surface area (Å²) in [7, 11) is 0. The molecular weight excluding hydrogens is 402 g/mol. The van der Waals surface area contributed by atoms with E-state index in [-0.39, 0.29) is 5.75 Å². The van der Waals surface area contributed by atoms with Gasteiger partial charge in [-0.3, -0.25) is 0 Å². The molecule has 0 amide bonds. The van der Waals surface area contributed by atoms with E-state index in [4.69, 9.17) is 0 Å². The van der Waals surface area contributed by atoms with Crippen LogP contribution in [-0.4, -0.2) is 5.11 Å². The molecule has 1 unspecified atom stereocenters. The van der Waals surface area contributed by atoms with E-state index in [1.54, 1.807) is 11.3 Å². The SMILES string of the molecule is CC(C)C(NCc1cc(Br)c(O)c(Br)c1)c1cccs1. The van der Waals surface area contributed by atoms with Crippen LogP contribution in [0.25, 0.3) is 0 Å². The van der Waals surface area contributed by atoms with Gasteiger partial charge in [0.1, 0.15) is 5.75 Å². The lowest BCUT2D eigenvalue weighted by molar-refractivity contribution is 0.416. The maximum Gasteiger partial charge on any atom is 0.143 e. The molecule has 2 rings (SSSR count). The van der Waals surface area contributed by atoms with Crippen LogP contribution in [-0.2, 0) is 6.54 Å². The van der Waals surface area contributed by atoms with Gasteiger partial charge in [-0.2, -0.15) is 0 Å². The Bertz CT molecular complexity index is 546. The zero-order valence-corrected chi connectivity index (χ0v) is 15.3. The number of nitrogens with one attached hydrogen (secondary N) is 1. The first kappa shape index (κ1) is 16.0. The third-order valence-electron chi connectivity index (χ3n) is 3.12. The molecule has 20 heavy (non-hydrogen) atoms. The molecule has 108 valence electrons. The number of phenols is 1. The molecule has 5 heteroatoms. The molecule has 0 radical (unpaired) electrons. The van der Waals surface area contributed by atoms with Crippen molar-refractivity contribution < 1.29 is 5.11 Å². The molecule has 0 bridgehead atoms. The van der Waals surface area contributed by atoms with Gasteiger partial charge < -0.3 is 10.4 Å². The summed E-state index contributed by atoms with van der Waals surface area (Å²) in [5.41, 5.74) is 1.13. The summed E-state index contributed by atoms with van der Waals surface area (Å²) in [6.07, 6.45) is 0. The van der Waals surface area contributed by atoms with E-state index >= 15 is 0 Å². The van der Waals surface area contributed by atoms with Gasteiger partial charge in [0.2, 0.25) is 0 Å². The first-order valence-electron chi connectivity index (χ1n) is 6.42. The molecule has 0 saturated carbocycles. The number of phenolic OH excluding ortho intramolecular Hbond substituents is 1. The van der Waals surface area contributed by atoms with Gasteiger partial charge in [0.05, 0.1) is 8.95 Å². The number of hydrogen-bond donors (Lipinski definition) is 2. The molecule has 0 saturated heterocycles. The molecule has 1 heterocycles. The Morgan fingerprint density at radius 1 is 1.25 bits per heavy atom. The van der Waals surface area contributed by atoms with Gasteiger partial charge in [-0.25, -0.2) is 0 Å². The van der Waals surface area contributed by atoms with Gasteiger partial charge in [0, 0.05) is 17.5 Å². The monoisotopic (exact) mass is 417 g/mol. The van der Waals surface area contributed by atoms with E-state index in [0.29, 0.717) is 20.9 Å². The lowest BCUT2D eigenvalue weighted by Gasteiger charge is -2.21. The Hall–Kier alpha value is -0.360. The maximum absolute atomic E-state index is 9.73. The molecule has 0 aliphatic carbocycles. The minimum Gasteiger partial charge on any atom is -0.506 e. The number of halogens is 2. The molecule has 0 fully saturated rings. The topological polar surface area (TPSA) is 32.3 Å². The van der Waals surface area contributed by atoms with Crippen LogP contribution in [0.15, 0.2) is 38.6 Å². The highest BCUT2D eigenvalue weighted by molar-refractivity contribution is 9.11. The number of rotatable bonds is 5. The second-order valence-corrected chi connectivity index (χ2v) is 7.71. The smallest absolute Gasteiger partial charge is 0.143 e. The van der Waals surface area contributed by atoms with Crippen molar-refractivity contribution in [3.63, 3.8) is 0 Å². The van der Waals surface area contributed by atoms with Crippen LogP contribution in [0.4, 0.5) is 0 Å². The third-order valence-corrected chi connectivity index (χ3v) is 5.28. The van der Waals surface area contributed by atoms with Crippen LogP contribution in [0.1, 0.15) is 30.3 Å². The largest absolute Gasteiger partial charge is 0.506 e. The van der Waals surface area contributed by atoms with Crippen molar-refractivity contribution in [2.75, 3.05) is 0 Å². The minimum absolute atomic E-state index is 0.243. The van der Waals surface area contributed by atoms with Crippen molar-refractivity contribution >= 4 is 43.2 Å². The highest BCUT2D eigenvalue weighted by atomic mass is 79.9. The van der Waals surface area contributed by atoms with Crippen LogP contribution < -0.4 is 5.32 Å². The molecular formula is C15H17Br2NOS. The highest BCUT2D eigenvalue weighted by Gasteiger charge is 2.16. The number of thiophene rings is 1. The number of benzene rings is 1. The Morgan fingerprint density at radius 3 is 2.40 bits per heavy atom. The molecule has 2 nitrogen and oxygen atoms in total. The second-order valence-electron chi connectivity index (χ2n) is 5.03. The second kappa shape index (κ2) is 7.07. The Balaban J connectivity index is 2.10. The van der Waals surface area contributed by atoms with Gasteiger partial charge >= 0.3 is 0 Å². The van der Waals surface area contributed by atoms with E-state index in [0.717, 1.165) is 12.1 Å². The normalized spacial score (nSPS) is 12.8. The Labute approximate surface area is 140 Å². The number of aromatic hydroxyl groups is 1. The van der Waals surface area contributed by atoms with Crippen LogP contribution in [0.5, 0.6) is 5.75 Å². The van der Waals surface area contributed by atoms with Crippen LogP contribution >= 0.6 is 43.2 Å². The van der Waals surface area contributed by atoms with Gasteiger partial charge in [-0.1, -0.05) is 19.9 Å². The van der Waals surface area contributed by atoms with Gasteiger partial charge in [-0.05, 0) is 66.9 Å². The summed E-state index contributed by atoms with van der Waals surface area (Å²) in [6.45, 7) is 5.21. The van der Waals surface area contributed by atoms with Gasteiger partial charge in [0.25, 0.3) is 0 Å². The van der Waals surface area contributed by atoms with Crippen molar-refractivity contribution in [2.45, 2.75) is 26.4 Å². The van der Waals surface area contributed by atoms with Crippen molar-refractivity contribution in [3.05, 3.63) is 49.0 Å². The van der Waals surface area contributed by atoms with Crippen LogP contribution in [0.3, 0.4) is 0 Å². The van der Waals surface area contributed by atoms with Crippen molar-refractivity contribution in [3.8, 4) is 5.75 Å². The van der Waals surface area contributed by atoms with Crippen LogP contribution in [0, 0.1) is 5.92 Å². The standard InChI is InChI=1S/C15H17Br2NOS/c1-9(2)14(13-4-3-5-20-13)18-8-10-6-11(16)15(19)12(17)7-10/h3-7,9,14,18-19H,8H2,1-2H3. The zero-order chi connectivity index (χ0) is 14.7. The molecule has 0 aliphatic heterocycles. The van der Waals surface area contributed by atoms with Gasteiger partial charge in [0.15, 0.2) is 0 Å². The van der Waals surface area contributed by atoms with Crippen LogP contribution in [0.2, 0.25) is 0 Å². The predicted molar refractivity (Wildman–Crippen MR) is 92.2 cm³/mol. The van der Waals surface area contributed by atoms with E-state index in [2.05, 4.69) is 68.5 Å². The maximum atomic E-state index is 9.73. The predicted octanol–water partition coefficient (Wildman–Crippen LogP) is 5.47. The number of hydrogen-bond acceptors (Lipinski definition) is 3. The molecule has 2 N–H and O–H groups in total. The van der Waals surface area contributed by atoms with E-state index < -0.39 is 0 Å². The summed E-state index contributed by atoms with van der Waals surface area (Å²) in [6, 6.07) is 8.49. The average Bonchev–Trinajstić information content (AvgIpc) is 2.89. The molecule has 2 aromatic rings. The lowest BCUT2D eigenvalue weighted by Crippen LogP contribution is -2.24. The molecule has 0 spiro atoms. The average molecular weight is 419 g/mol. The Morgan fingerprint density at radius 2 is 1.90 bits per heavy atom. The summed E-state index contributed by atoms with van der Waals surface area (Å²) in [5, 5.41) is 15.4. The Kier molecular flexibility index (Phi) is 5.66. The van der Waals surface area contributed by atoms with Crippen molar-refractivity contribution in [1.82, 2.24) is 5.32 Å². The zero-order valence-electron chi connectivity index (χ0n) is 11.4. The lowest BCUT2D eigenvalue weighted by atomic mass is 10.0. The van der Waals surface area contributed by atoms with Crippen molar-refractivity contribution in [1.29, 1.82) is 0 Å². The fraction of sp³-hybridized carbons (Fsp3) is 0.333. The van der Waals surface area contributed by atoms with E-state index in [1.807, 2.05) is 12.1 Å². The molecule has 1 atom stereocenters. The summed E-state index contributed by atoms with van der Waals surface area (Å²) < 4.78 is 1.42. The molecule has 0 aliphatic rings. The third kappa shape index (κ3) is 3.85.